The minimum Gasteiger partial charge on any atom is -0.497 e. The van der Waals surface area contributed by atoms with Crippen LogP contribution in [0.2, 0.25) is 0 Å². The Morgan fingerprint density at radius 2 is 0.976 bits per heavy atom. The molecule has 0 spiro atoms. The van der Waals surface area contributed by atoms with E-state index in [1.54, 1.807) is 23.3 Å². The first-order valence-corrected chi connectivity index (χ1v) is 26.7. The third-order valence-corrected chi connectivity index (χ3v) is 14.5. The minimum absolute atomic E-state index is 0. The fourth-order valence-electron chi connectivity index (χ4n) is 10.0. The van der Waals surface area contributed by atoms with Gasteiger partial charge in [-0.2, -0.15) is 10.5 Å². The van der Waals surface area contributed by atoms with Crippen molar-refractivity contribution in [2.75, 3.05) is 101 Å². The molecule has 12 rings (SSSR count). The molecule has 5 N–H and O–H groups in total. The number of likely N-dealkylation sites (N-methyl/N-ethyl adjacent to an activating group) is 2. The fraction of sp³-hybridized carbons (Fsp3) is 0.222. The number of aromatic nitrogens is 6. The molecule has 2 aliphatic heterocycles. The number of fused-ring (bicyclic) bond motifs is 6. The molecule has 416 valence electrons. The SMILES string of the molecule is C=CC(=O)O.COc1cccc(-c2nc3c(C#N)c(NCc4ccccc4)c4cc(N5CCN(C)CC5)ccc4n3n2)c1.COc1cccc(-c2nc3c(C#N)c(NCc4ccccc4)c4cc(N5CCN(C)CC5)ccc4n3n2)c1.O. The number of pyridine rings is 2. The summed E-state index contributed by atoms with van der Waals surface area (Å²) in [5.41, 5.74) is 11.6. The second-order valence-corrected chi connectivity index (χ2v) is 19.7. The third-order valence-electron chi connectivity index (χ3n) is 14.5. The summed E-state index contributed by atoms with van der Waals surface area (Å²) >= 11 is 0. The number of rotatable bonds is 13. The maximum Gasteiger partial charge on any atom is 0.327 e. The molecule has 0 aliphatic carbocycles. The smallest absolute Gasteiger partial charge is 0.327 e. The molecule has 0 radical (unpaired) electrons. The minimum atomic E-state index is -0.981. The molecule has 2 fully saturated rings. The number of carbonyl (C=O) groups is 1. The van der Waals surface area contributed by atoms with E-state index >= 15 is 0 Å². The number of carboxylic acid groups (broad SMARTS) is 1. The second-order valence-electron chi connectivity index (χ2n) is 19.7. The van der Waals surface area contributed by atoms with Crippen molar-refractivity contribution in [3.8, 4) is 46.4 Å². The van der Waals surface area contributed by atoms with Gasteiger partial charge in [-0.25, -0.2) is 23.8 Å². The van der Waals surface area contributed by atoms with Crippen molar-refractivity contribution in [1.82, 2.24) is 39.0 Å². The average molecular weight is 1100 g/mol. The van der Waals surface area contributed by atoms with Gasteiger partial charge in [0.05, 0.1) is 36.6 Å². The molecule has 82 heavy (non-hydrogen) atoms. The van der Waals surface area contributed by atoms with Crippen LogP contribution in [0.1, 0.15) is 22.3 Å². The highest BCUT2D eigenvalue weighted by atomic mass is 16.5. The number of nitrogens with zero attached hydrogens (tertiary/aromatic N) is 12. The Kier molecular flexibility index (Phi) is 17.8. The molecule has 0 atom stereocenters. The van der Waals surface area contributed by atoms with Crippen LogP contribution in [0.15, 0.2) is 158 Å². The number of nitrogens with one attached hydrogen (secondary N) is 2. The van der Waals surface area contributed by atoms with Gasteiger partial charge in [0.15, 0.2) is 22.9 Å². The Labute approximate surface area is 475 Å². The van der Waals surface area contributed by atoms with Crippen LogP contribution < -0.4 is 29.9 Å². The number of aliphatic carboxylic acids is 1. The summed E-state index contributed by atoms with van der Waals surface area (Å²) in [5.74, 6) is 1.57. The number of hydrogen-bond acceptors (Lipinski definition) is 15. The van der Waals surface area contributed by atoms with E-state index in [2.05, 4.69) is 124 Å². The van der Waals surface area contributed by atoms with Crippen LogP contribution in [-0.4, -0.2) is 136 Å². The second kappa shape index (κ2) is 25.8. The normalized spacial score (nSPS) is 13.4. The zero-order chi connectivity index (χ0) is 56.4. The largest absolute Gasteiger partial charge is 0.497 e. The molecule has 4 aromatic heterocycles. The lowest BCUT2D eigenvalue weighted by Crippen LogP contribution is -2.44. The lowest BCUT2D eigenvalue weighted by atomic mass is 10.1. The number of nitriles is 2. The predicted octanol–water partition coefficient (Wildman–Crippen LogP) is 9.02. The third kappa shape index (κ3) is 12.4. The van der Waals surface area contributed by atoms with Gasteiger partial charge in [0.25, 0.3) is 0 Å². The van der Waals surface area contributed by atoms with E-state index in [9.17, 15) is 15.3 Å². The predicted molar refractivity (Wildman–Crippen MR) is 323 cm³/mol. The van der Waals surface area contributed by atoms with Crippen LogP contribution in [0.5, 0.6) is 11.5 Å². The van der Waals surface area contributed by atoms with E-state index in [-0.39, 0.29) is 5.48 Å². The summed E-state index contributed by atoms with van der Waals surface area (Å²) < 4.78 is 14.4. The van der Waals surface area contributed by atoms with Crippen LogP contribution in [0, 0.1) is 22.7 Å². The number of methoxy groups -OCH3 is 2. The van der Waals surface area contributed by atoms with Gasteiger partial charge in [-0.15, -0.1) is 10.2 Å². The highest BCUT2D eigenvalue weighted by molar-refractivity contribution is 6.01. The van der Waals surface area contributed by atoms with Crippen molar-refractivity contribution in [3.63, 3.8) is 0 Å². The van der Waals surface area contributed by atoms with E-state index in [1.165, 1.54) is 0 Å². The molecular formula is C63H64N14O5. The molecule has 0 bridgehead atoms. The molecule has 0 saturated carbocycles. The van der Waals surface area contributed by atoms with E-state index in [0.29, 0.717) is 47.2 Å². The summed E-state index contributed by atoms with van der Waals surface area (Å²) in [6.45, 7) is 12.1. The summed E-state index contributed by atoms with van der Waals surface area (Å²) in [6, 6.07) is 53.4. The molecule has 10 aromatic rings. The van der Waals surface area contributed by atoms with Gasteiger partial charge in [0.1, 0.15) is 34.8 Å². The van der Waals surface area contributed by atoms with Gasteiger partial charge < -0.3 is 50.3 Å². The quantitative estimate of drug-likeness (QED) is 0.0914. The molecule has 0 unspecified atom stereocenters. The zero-order valence-electron chi connectivity index (χ0n) is 46.3. The molecule has 2 aliphatic rings. The van der Waals surface area contributed by atoms with E-state index in [1.807, 2.05) is 84.9 Å². The molecule has 19 heteroatoms. The molecule has 6 aromatic carbocycles. The molecule has 6 heterocycles. The number of carboxylic acids is 1. The van der Waals surface area contributed by atoms with Crippen molar-refractivity contribution < 1.29 is 24.9 Å². The number of benzene rings is 6. The molecular weight excluding hydrogens is 1030 g/mol. The molecule has 2 saturated heterocycles. The lowest BCUT2D eigenvalue weighted by Gasteiger charge is -2.34. The summed E-state index contributed by atoms with van der Waals surface area (Å²) in [7, 11) is 7.59. The number of ether oxygens (including phenoxy) is 2. The van der Waals surface area contributed by atoms with Crippen molar-refractivity contribution in [2.24, 2.45) is 0 Å². The van der Waals surface area contributed by atoms with Crippen molar-refractivity contribution in [1.29, 1.82) is 10.5 Å². The van der Waals surface area contributed by atoms with E-state index in [4.69, 9.17) is 34.7 Å². The first-order chi connectivity index (χ1) is 39.5. The highest BCUT2D eigenvalue weighted by Gasteiger charge is 2.24. The van der Waals surface area contributed by atoms with Gasteiger partial charge >= 0.3 is 5.97 Å². The first kappa shape index (κ1) is 56.7. The van der Waals surface area contributed by atoms with E-state index < -0.39 is 5.97 Å². The zero-order valence-corrected chi connectivity index (χ0v) is 46.3. The van der Waals surface area contributed by atoms with Crippen molar-refractivity contribution >= 4 is 61.8 Å². The first-order valence-electron chi connectivity index (χ1n) is 26.7. The summed E-state index contributed by atoms with van der Waals surface area (Å²) in [5, 5.41) is 47.1. The topological polar surface area (TPSA) is 232 Å². The Morgan fingerprint density at radius 3 is 1.33 bits per heavy atom. The van der Waals surface area contributed by atoms with E-state index in [0.717, 1.165) is 137 Å². The summed E-state index contributed by atoms with van der Waals surface area (Å²) in [4.78, 5) is 28.4. The van der Waals surface area contributed by atoms with Crippen LogP contribution >= 0.6 is 0 Å². The number of anilines is 4. The number of hydrogen-bond donors (Lipinski definition) is 3. The Bertz CT molecular complexity index is 3720. The van der Waals surface area contributed by atoms with Crippen LogP contribution in [-0.2, 0) is 17.9 Å². The van der Waals surface area contributed by atoms with Gasteiger partial charge in [0, 0.05) is 105 Å². The summed E-state index contributed by atoms with van der Waals surface area (Å²) in [6.07, 6.45) is 0.833. The highest BCUT2D eigenvalue weighted by Crippen LogP contribution is 2.37. The Morgan fingerprint density at radius 1 is 0.585 bits per heavy atom. The number of piperazine rings is 2. The Balaban J connectivity index is 0.000000181. The van der Waals surface area contributed by atoms with Crippen molar-refractivity contribution in [3.05, 3.63) is 181 Å². The Hall–Kier alpha value is -10.1. The fourth-order valence-corrected chi connectivity index (χ4v) is 10.0. The van der Waals surface area contributed by atoms with Gasteiger partial charge in [0.2, 0.25) is 0 Å². The van der Waals surface area contributed by atoms with Crippen LogP contribution in [0.3, 0.4) is 0 Å². The maximum absolute atomic E-state index is 10.4. The lowest BCUT2D eigenvalue weighted by molar-refractivity contribution is -0.131. The maximum atomic E-state index is 10.4. The van der Waals surface area contributed by atoms with Crippen LogP contribution in [0.4, 0.5) is 22.7 Å². The molecule has 19 nitrogen and oxygen atoms in total. The average Bonchev–Trinajstić information content (AvgIpc) is 4.30. The monoisotopic (exact) mass is 1100 g/mol. The van der Waals surface area contributed by atoms with Crippen LogP contribution in [0.25, 0.3) is 55.9 Å². The molecule has 0 amide bonds. The van der Waals surface area contributed by atoms with Gasteiger partial charge in [-0.3, -0.25) is 0 Å². The van der Waals surface area contributed by atoms with Gasteiger partial charge in [-0.05, 0) is 85.9 Å². The standard InChI is InChI=1S/2C30H29N7O.C3H4O2.H2O/c2*1-35-13-15-36(16-14-35)23-11-12-27-25(18-23)28(32-20-21-7-4-3-5-8-21)26(19-31)30-33-29(34-37(27)30)22-9-6-10-24(17-22)38-2;1-2-3(4)5;/h2*3-12,17-18,32H,13-16,20H2,1-2H3;2H,1H2,(H,4,5);1H2. The van der Waals surface area contributed by atoms with Gasteiger partial charge in [-0.1, -0.05) is 91.5 Å². The van der Waals surface area contributed by atoms with Crippen molar-refractivity contribution in [2.45, 2.75) is 13.1 Å².